The molecule has 2 N–H and O–H groups in total. The van der Waals surface area contributed by atoms with Crippen molar-refractivity contribution in [1.82, 2.24) is 20.3 Å². The lowest BCUT2D eigenvalue weighted by Crippen LogP contribution is -2.41. The zero-order valence-electron chi connectivity index (χ0n) is 19.1. The number of hydrogen-bond donors (Lipinski definition) is 2. The predicted octanol–water partition coefficient (Wildman–Crippen LogP) is 4.35. The number of carbonyl (C=O) groups is 1. The van der Waals surface area contributed by atoms with Gasteiger partial charge in [-0.05, 0) is 62.4 Å². The molecule has 0 saturated carbocycles. The first-order chi connectivity index (χ1) is 16.1. The molecule has 4 aromatic rings. The smallest absolute Gasteiger partial charge is 0.226 e. The van der Waals surface area contributed by atoms with Crippen LogP contribution in [0.4, 0.5) is 5.95 Å². The lowest BCUT2D eigenvalue weighted by atomic mass is 9.96. The minimum Gasteiger partial charge on any atom is -0.494 e. The second-order valence-corrected chi connectivity index (χ2v) is 8.58. The van der Waals surface area contributed by atoms with Crippen LogP contribution in [0, 0.1) is 12.8 Å². The van der Waals surface area contributed by atoms with Gasteiger partial charge in [0.25, 0.3) is 0 Å². The SMILES string of the molecule is CCOc1ccc2nc(N3CCC(C(=O)NCc4cc5ccccc5[nH]4)CC3)nc(C)c2c1. The number of ether oxygens (including phenoxy) is 1. The fraction of sp³-hybridized carbons (Fsp3) is 0.346. The Hall–Kier alpha value is -3.61. The molecule has 3 heterocycles. The molecule has 1 fully saturated rings. The number of benzene rings is 2. The standard InChI is InChI=1S/C26H29N5O2/c1-3-33-21-8-9-24-22(15-21)17(2)28-26(30-24)31-12-10-18(11-13-31)25(32)27-16-20-14-19-6-4-5-7-23(19)29-20/h4-9,14-15,18,29H,3,10-13,16H2,1-2H3,(H,27,32). The number of H-pyrrole nitrogens is 1. The van der Waals surface area contributed by atoms with Gasteiger partial charge in [-0.1, -0.05) is 18.2 Å². The molecule has 1 aliphatic heterocycles. The number of rotatable bonds is 6. The fourth-order valence-corrected chi connectivity index (χ4v) is 4.54. The van der Waals surface area contributed by atoms with Gasteiger partial charge in [0.05, 0.1) is 24.4 Å². The van der Waals surface area contributed by atoms with E-state index < -0.39 is 0 Å². The molecule has 2 aromatic carbocycles. The van der Waals surface area contributed by atoms with Crippen molar-refractivity contribution in [2.75, 3.05) is 24.6 Å². The first-order valence-corrected chi connectivity index (χ1v) is 11.6. The highest BCUT2D eigenvalue weighted by Gasteiger charge is 2.26. The Balaban J connectivity index is 1.20. The topological polar surface area (TPSA) is 83.1 Å². The molecule has 5 rings (SSSR count). The Kier molecular flexibility index (Phi) is 5.86. The molecule has 0 bridgehead atoms. The van der Waals surface area contributed by atoms with Crippen LogP contribution in [0.2, 0.25) is 0 Å². The van der Waals surface area contributed by atoms with Gasteiger partial charge in [-0.2, -0.15) is 0 Å². The van der Waals surface area contributed by atoms with E-state index in [1.165, 1.54) is 0 Å². The van der Waals surface area contributed by atoms with E-state index in [0.29, 0.717) is 13.2 Å². The zero-order valence-corrected chi connectivity index (χ0v) is 19.1. The minimum absolute atomic E-state index is 0.0148. The molecule has 170 valence electrons. The summed E-state index contributed by atoms with van der Waals surface area (Å²) in [6.07, 6.45) is 1.59. The van der Waals surface area contributed by atoms with Crippen LogP contribution in [0.1, 0.15) is 31.2 Å². The van der Waals surface area contributed by atoms with Crippen molar-refractivity contribution in [2.24, 2.45) is 5.92 Å². The number of nitrogens with one attached hydrogen (secondary N) is 2. The summed E-state index contributed by atoms with van der Waals surface area (Å²) in [5.41, 5.74) is 3.97. The lowest BCUT2D eigenvalue weighted by Gasteiger charge is -2.31. The number of carbonyl (C=O) groups excluding carboxylic acids is 1. The highest BCUT2D eigenvalue weighted by Crippen LogP contribution is 2.26. The van der Waals surface area contributed by atoms with Crippen molar-refractivity contribution in [1.29, 1.82) is 0 Å². The van der Waals surface area contributed by atoms with Crippen LogP contribution in [0.5, 0.6) is 5.75 Å². The molecule has 1 saturated heterocycles. The van der Waals surface area contributed by atoms with E-state index in [4.69, 9.17) is 14.7 Å². The van der Waals surface area contributed by atoms with Crippen LogP contribution < -0.4 is 15.0 Å². The molecular weight excluding hydrogens is 414 g/mol. The van der Waals surface area contributed by atoms with Gasteiger partial charge < -0.3 is 19.9 Å². The summed E-state index contributed by atoms with van der Waals surface area (Å²) >= 11 is 0. The third kappa shape index (κ3) is 4.49. The van der Waals surface area contributed by atoms with E-state index in [9.17, 15) is 4.79 Å². The monoisotopic (exact) mass is 443 g/mol. The van der Waals surface area contributed by atoms with Crippen LogP contribution in [-0.4, -0.2) is 40.6 Å². The number of fused-ring (bicyclic) bond motifs is 2. The Morgan fingerprint density at radius 3 is 2.76 bits per heavy atom. The first-order valence-electron chi connectivity index (χ1n) is 11.6. The van der Waals surface area contributed by atoms with Crippen LogP contribution in [0.3, 0.4) is 0 Å². The molecule has 0 radical (unpaired) electrons. The van der Waals surface area contributed by atoms with Crippen molar-refractivity contribution in [3.8, 4) is 5.75 Å². The van der Waals surface area contributed by atoms with E-state index >= 15 is 0 Å². The normalized spacial score (nSPS) is 14.7. The van der Waals surface area contributed by atoms with E-state index in [-0.39, 0.29) is 11.8 Å². The van der Waals surface area contributed by atoms with Crippen molar-refractivity contribution in [3.05, 3.63) is 59.9 Å². The number of aryl methyl sites for hydroxylation is 1. The van der Waals surface area contributed by atoms with Gasteiger partial charge in [-0.15, -0.1) is 0 Å². The van der Waals surface area contributed by atoms with Crippen molar-refractivity contribution >= 4 is 33.7 Å². The van der Waals surface area contributed by atoms with Gasteiger partial charge in [0, 0.05) is 35.6 Å². The second kappa shape index (κ2) is 9.10. The Bertz CT molecular complexity index is 1260. The molecule has 2 aromatic heterocycles. The first kappa shape index (κ1) is 21.2. The van der Waals surface area contributed by atoms with Crippen molar-refractivity contribution < 1.29 is 9.53 Å². The number of piperidine rings is 1. The third-order valence-corrected chi connectivity index (χ3v) is 6.34. The molecule has 1 aliphatic rings. The summed E-state index contributed by atoms with van der Waals surface area (Å²) in [5.74, 6) is 1.71. The summed E-state index contributed by atoms with van der Waals surface area (Å²) in [6, 6.07) is 16.2. The molecule has 0 spiro atoms. The number of aromatic amines is 1. The highest BCUT2D eigenvalue weighted by atomic mass is 16.5. The number of anilines is 1. The second-order valence-electron chi connectivity index (χ2n) is 8.58. The molecule has 7 nitrogen and oxygen atoms in total. The Morgan fingerprint density at radius 2 is 1.97 bits per heavy atom. The highest BCUT2D eigenvalue weighted by molar-refractivity contribution is 5.84. The van der Waals surface area contributed by atoms with Gasteiger partial charge in [0.15, 0.2) is 0 Å². The fourth-order valence-electron chi connectivity index (χ4n) is 4.54. The number of aromatic nitrogens is 3. The largest absolute Gasteiger partial charge is 0.494 e. The number of amides is 1. The summed E-state index contributed by atoms with van der Waals surface area (Å²) < 4.78 is 5.61. The van der Waals surface area contributed by atoms with Gasteiger partial charge in [0.2, 0.25) is 11.9 Å². The third-order valence-electron chi connectivity index (χ3n) is 6.34. The average Bonchev–Trinajstić information content (AvgIpc) is 3.26. The molecular formula is C26H29N5O2. The molecule has 1 amide bonds. The van der Waals surface area contributed by atoms with Crippen molar-refractivity contribution in [2.45, 2.75) is 33.2 Å². The summed E-state index contributed by atoms with van der Waals surface area (Å²) in [5, 5.41) is 5.27. The van der Waals surface area contributed by atoms with Crippen LogP contribution in [0.25, 0.3) is 21.8 Å². The maximum Gasteiger partial charge on any atom is 0.226 e. The van der Waals surface area contributed by atoms with E-state index in [1.54, 1.807) is 0 Å². The molecule has 0 aliphatic carbocycles. The van der Waals surface area contributed by atoms with Gasteiger partial charge >= 0.3 is 0 Å². The van der Waals surface area contributed by atoms with Gasteiger partial charge in [-0.3, -0.25) is 4.79 Å². The Labute approximate surface area is 193 Å². The molecule has 0 unspecified atom stereocenters. The van der Waals surface area contributed by atoms with Crippen LogP contribution >= 0.6 is 0 Å². The van der Waals surface area contributed by atoms with Crippen LogP contribution in [0.15, 0.2) is 48.5 Å². The maximum absolute atomic E-state index is 12.8. The average molecular weight is 444 g/mol. The van der Waals surface area contributed by atoms with E-state index in [1.807, 2.05) is 50.2 Å². The van der Waals surface area contributed by atoms with Crippen molar-refractivity contribution in [3.63, 3.8) is 0 Å². The zero-order chi connectivity index (χ0) is 22.8. The minimum atomic E-state index is 0.0148. The molecule has 33 heavy (non-hydrogen) atoms. The summed E-state index contributed by atoms with van der Waals surface area (Å²) in [7, 11) is 0. The number of para-hydroxylation sites is 1. The maximum atomic E-state index is 12.8. The van der Waals surface area contributed by atoms with Gasteiger partial charge in [0.1, 0.15) is 5.75 Å². The quantitative estimate of drug-likeness (QED) is 0.463. The lowest BCUT2D eigenvalue weighted by molar-refractivity contribution is -0.125. The Morgan fingerprint density at radius 1 is 1.15 bits per heavy atom. The molecule has 0 atom stereocenters. The number of hydrogen-bond acceptors (Lipinski definition) is 5. The summed E-state index contributed by atoms with van der Waals surface area (Å²) in [4.78, 5) is 27.8. The predicted molar refractivity (Wildman–Crippen MR) is 131 cm³/mol. The van der Waals surface area contributed by atoms with Crippen LogP contribution in [-0.2, 0) is 11.3 Å². The summed E-state index contributed by atoms with van der Waals surface area (Å²) in [6.45, 7) is 6.67. The number of nitrogens with zero attached hydrogens (tertiary/aromatic N) is 3. The van der Waals surface area contributed by atoms with E-state index in [2.05, 4.69) is 27.3 Å². The van der Waals surface area contributed by atoms with E-state index in [0.717, 1.165) is 70.8 Å². The van der Waals surface area contributed by atoms with Gasteiger partial charge in [-0.25, -0.2) is 9.97 Å². The molecule has 7 heteroatoms.